The van der Waals surface area contributed by atoms with Crippen molar-refractivity contribution in [2.75, 3.05) is 5.43 Å². The van der Waals surface area contributed by atoms with Gasteiger partial charge in [-0.25, -0.2) is 10.4 Å². The van der Waals surface area contributed by atoms with Crippen molar-refractivity contribution in [3.8, 4) is 0 Å². The summed E-state index contributed by atoms with van der Waals surface area (Å²) in [5.74, 6) is 0. The summed E-state index contributed by atoms with van der Waals surface area (Å²) in [6.07, 6.45) is 0.538. The molecule has 2 aromatic heterocycles. The van der Waals surface area contributed by atoms with Crippen molar-refractivity contribution in [1.82, 2.24) is 15.4 Å². The Labute approximate surface area is 190 Å². The number of nitrogens with zero attached hydrogens (tertiary/aromatic N) is 1. The van der Waals surface area contributed by atoms with E-state index in [1.165, 1.54) is 0 Å². The van der Waals surface area contributed by atoms with Gasteiger partial charge in [0.25, 0.3) is 5.56 Å². The lowest BCUT2D eigenvalue weighted by Gasteiger charge is -2.17. The fourth-order valence-electron chi connectivity index (χ4n) is 3.46. The van der Waals surface area contributed by atoms with Crippen LogP contribution in [-0.2, 0) is 18.4 Å². The summed E-state index contributed by atoms with van der Waals surface area (Å²) in [4.78, 5) is 21.5. The molecule has 0 atom stereocenters. The Morgan fingerprint density at radius 1 is 1.06 bits per heavy atom. The van der Waals surface area contributed by atoms with Gasteiger partial charge in [0.05, 0.1) is 5.69 Å². The number of halogens is 1. The van der Waals surface area contributed by atoms with Gasteiger partial charge >= 0.3 is 0 Å². The molecule has 4 aromatic rings. The Morgan fingerprint density at radius 3 is 2.58 bits per heavy atom. The van der Waals surface area contributed by atoms with Crippen molar-refractivity contribution in [2.45, 2.75) is 39.2 Å². The molecular formula is C24H25ClN4OS. The maximum atomic E-state index is 12.7. The minimum absolute atomic E-state index is 0.0571. The number of benzene rings is 2. The van der Waals surface area contributed by atoms with Crippen LogP contribution in [0.4, 0.5) is 5.13 Å². The van der Waals surface area contributed by atoms with Crippen LogP contribution >= 0.6 is 22.9 Å². The van der Waals surface area contributed by atoms with Gasteiger partial charge in [-0.15, -0.1) is 11.3 Å². The third kappa shape index (κ3) is 4.98. The minimum Gasteiger partial charge on any atom is -0.322 e. The number of thiazole rings is 1. The largest absolute Gasteiger partial charge is 0.322 e. The first-order chi connectivity index (χ1) is 14.8. The number of hydrogen-bond donors (Lipinski definition) is 3. The molecule has 0 amide bonds. The van der Waals surface area contributed by atoms with Gasteiger partial charge in [0, 0.05) is 39.4 Å². The van der Waals surface area contributed by atoms with Gasteiger partial charge in [-0.3, -0.25) is 10.2 Å². The number of hydrogen-bond acceptors (Lipinski definition) is 5. The molecule has 5 nitrogen and oxygen atoms in total. The zero-order valence-corrected chi connectivity index (χ0v) is 19.3. The topological polar surface area (TPSA) is 69.8 Å². The molecule has 0 radical (unpaired) electrons. The number of aromatic nitrogens is 2. The number of pyridine rings is 1. The van der Waals surface area contributed by atoms with Crippen molar-refractivity contribution < 1.29 is 0 Å². The molecule has 160 valence electrons. The highest BCUT2D eigenvalue weighted by molar-refractivity contribution is 7.15. The summed E-state index contributed by atoms with van der Waals surface area (Å²) >= 11 is 7.79. The van der Waals surface area contributed by atoms with Gasteiger partial charge in [-0.05, 0) is 29.1 Å². The lowest BCUT2D eigenvalue weighted by molar-refractivity contribution is 0.567. The first-order valence-corrected chi connectivity index (χ1v) is 11.3. The van der Waals surface area contributed by atoms with E-state index in [4.69, 9.17) is 16.6 Å². The second-order valence-electron chi connectivity index (χ2n) is 8.50. The van der Waals surface area contributed by atoms with Gasteiger partial charge in [-0.2, -0.15) is 0 Å². The van der Waals surface area contributed by atoms with E-state index in [-0.39, 0.29) is 11.0 Å². The Kier molecular flexibility index (Phi) is 6.14. The third-order valence-electron chi connectivity index (χ3n) is 5.02. The van der Waals surface area contributed by atoms with Crippen LogP contribution in [-0.4, -0.2) is 9.97 Å². The second kappa shape index (κ2) is 8.83. The van der Waals surface area contributed by atoms with E-state index in [0.29, 0.717) is 13.0 Å². The van der Waals surface area contributed by atoms with Crippen LogP contribution in [0.3, 0.4) is 0 Å². The molecule has 0 saturated carbocycles. The molecule has 0 aliphatic rings. The summed E-state index contributed by atoms with van der Waals surface area (Å²) < 4.78 is 0. The molecule has 0 aliphatic heterocycles. The van der Waals surface area contributed by atoms with Crippen molar-refractivity contribution in [3.05, 3.63) is 91.7 Å². The van der Waals surface area contributed by atoms with E-state index in [2.05, 4.69) is 36.6 Å². The Bertz CT molecular complexity index is 1270. The van der Waals surface area contributed by atoms with Crippen LogP contribution in [0, 0.1) is 0 Å². The van der Waals surface area contributed by atoms with E-state index >= 15 is 0 Å². The number of rotatable bonds is 6. The molecule has 3 N–H and O–H groups in total. The molecule has 0 fully saturated rings. The van der Waals surface area contributed by atoms with Crippen LogP contribution in [0.15, 0.2) is 59.4 Å². The smallest absolute Gasteiger partial charge is 0.251 e. The maximum absolute atomic E-state index is 12.7. The molecule has 0 saturated heterocycles. The lowest BCUT2D eigenvalue weighted by atomic mass is 9.90. The molecule has 0 spiro atoms. The van der Waals surface area contributed by atoms with Crippen LogP contribution in [0.1, 0.15) is 42.5 Å². The molecule has 7 heteroatoms. The lowest BCUT2D eigenvalue weighted by Crippen LogP contribution is -2.21. The first kappa shape index (κ1) is 21.6. The number of H-pyrrole nitrogens is 1. The minimum atomic E-state index is -0.141. The Hall–Kier alpha value is -2.67. The summed E-state index contributed by atoms with van der Waals surface area (Å²) in [5.41, 5.74) is 9.78. The van der Waals surface area contributed by atoms with Gasteiger partial charge in [-0.1, -0.05) is 68.8 Å². The summed E-state index contributed by atoms with van der Waals surface area (Å²) in [6, 6.07) is 17.5. The summed E-state index contributed by atoms with van der Waals surface area (Å²) in [5, 5.41) is 2.52. The molecule has 2 heterocycles. The van der Waals surface area contributed by atoms with E-state index in [0.717, 1.165) is 42.8 Å². The van der Waals surface area contributed by atoms with Gasteiger partial charge in [0.2, 0.25) is 0 Å². The van der Waals surface area contributed by atoms with E-state index in [1.54, 1.807) is 11.3 Å². The molecule has 31 heavy (non-hydrogen) atoms. The summed E-state index contributed by atoms with van der Waals surface area (Å²) in [6.45, 7) is 6.98. The fraction of sp³-hybridized carbons (Fsp3) is 0.250. The van der Waals surface area contributed by atoms with Crippen molar-refractivity contribution in [1.29, 1.82) is 0 Å². The quantitative estimate of drug-likeness (QED) is 0.331. The second-order valence-corrected chi connectivity index (χ2v) is 9.99. The predicted octanol–water partition coefficient (Wildman–Crippen LogP) is 5.64. The van der Waals surface area contributed by atoms with Crippen LogP contribution < -0.4 is 16.4 Å². The molecule has 2 aromatic carbocycles. The fourth-order valence-corrected chi connectivity index (χ4v) is 4.84. The molecule has 0 bridgehead atoms. The maximum Gasteiger partial charge on any atom is 0.251 e. The SMILES string of the molecule is CC(C)(C)c1nc(NNCc2ccccc2Cl)sc1Cc1cc2ccccc2[nH]c1=O. The van der Waals surface area contributed by atoms with E-state index in [9.17, 15) is 4.79 Å². The number of anilines is 1. The number of aromatic amines is 1. The molecule has 0 unspecified atom stereocenters. The Balaban J connectivity index is 1.57. The predicted molar refractivity (Wildman–Crippen MR) is 130 cm³/mol. The average Bonchev–Trinajstić information content (AvgIpc) is 3.13. The molecular weight excluding hydrogens is 428 g/mol. The highest BCUT2D eigenvalue weighted by Gasteiger charge is 2.24. The highest BCUT2D eigenvalue weighted by atomic mass is 35.5. The average molecular weight is 453 g/mol. The zero-order valence-electron chi connectivity index (χ0n) is 17.8. The van der Waals surface area contributed by atoms with Crippen molar-refractivity contribution in [3.63, 3.8) is 0 Å². The zero-order chi connectivity index (χ0) is 22.0. The van der Waals surface area contributed by atoms with Crippen LogP contribution in [0.5, 0.6) is 0 Å². The highest BCUT2D eigenvalue weighted by Crippen LogP contribution is 2.33. The normalized spacial score (nSPS) is 11.7. The van der Waals surface area contributed by atoms with Gasteiger partial charge in [0.15, 0.2) is 5.13 Å². The van der Waals surface area contributed by atoms with E-state index in [1.807, 2.05) is 54.6 Å². The standard InChI is InChI=1S/C24H25ClN4OS/c1-24(2,3)21-20(13-17-12-15-8-5-7-11-19(15)27-22(17)30)31-23(28-21)29-26-14-16-9-4-6-10-18(16)25/h4-12,26H,13-14H2,1-3H3,(H,27,30)(H,28,29). The Morgan fingerprint density at radius 2 is 1.81 bits per heavy atom. The number of para-hydroxylation sites is 1. The van der Waals surface area contributed by atoms with Gasteiger partial charge in [0.1, 0.15) is 0 Å². The first-order valence-electron chi connectivity index (χ1n) is 10.1. The third-order valence-corrected chi connectivity index (χ3v) is 6.36. The van der Waals surface area contributed by atoms with Crippen LogP contribution in [0.2, 0.25) is 5.02 Å². The molecule has 4 rings (SSSR count). The monoisotopic (exact) mass is 452 g/mol. The summed E-state index contributed by atoms with van der Waals surface area (Å²) in [7, 11) is 0. The van der Waals surface area contributed by atoms with Crippen LogP contribution in [0.25, 0.3) is 10.9 Å². The number of hydrazine groups is 1. The van der Waals surface area contributed by atoms with Gasteiger partial charge < -0.3 is 4.98 Å². The van der Waals surface area contributed by atoms with E-state index < -0.39 is 0 Å². The van der Waals surface area contributed by atoms with Crippen molar-refractivity contribution in [2.24, 2.45) is 0 Å². The van der Waals surface area contributed by atoms with Crippen molar-refractivity contribution >= 4 is 39.0 Å². The number of nitrogens with one attached hydrogen (secondary N) is 3. The number of fused-ring (bicyclic) bond motifs is 1. The molecule has 0 aliphatic carbocycles.